The summed E-state index contributed by atoms with van der Waals surface area (Å²) in [6, 6.07) is 31.0. The van der Waals surface area contributed by atoms with Crippen LogP contribution in [0, 0.1) is 0 Å². The Morgan fingerprint density at radius 1 is 0.778 bits per heavy atom. The maximum Gasteiger partial charge on any atom is 0.321 e. The summed E-state index contributed by atoms with van der Waals surface area (Å²) >= 11 is 0. The van der Waals surface area contributed by atoms with Gasteiger partial charge in [-0.3, -0.25) is 4.79 Å². The highest BCUT2D eigenvalue weighted by molar-refractivity contribution is 6.06. The first-order chi connectivity index (χ1) is 26.1. The normalized spacial score (nSPS) is 14.6. The van der Waals surface area contributed by atoms with Gasteiger partial charge in [0.05, 0.1) is 11.4 Å². The van der Waals surface area contributed by atoms with Crippen LogP contribution in [-0.2, 0) is 12.0 Å². The van der Waals surface area contributed by atoms with E-state index in [0.717, 1.165) is 37.1 Å². The number of nitrogen functional groups attached to an aromatic ring is 1. The van der Waals surface area contributed by atoms with Crippen molar-refractivity contribution in [3.05, 3.63) is 161 Å². The number of amides is 3. The zero-order valence-electron chi connectivity index (χ0n) is 32.8. The van der Waals surface area contributed by atoms with E-state index in [4.69, 9.17) is 5.73 Å². The quantitative estimate of drug-likeness (QED) is 0.113. The lowest BCUT2D eigenvalue weighted by molar-refractivity contribution is 0.102. The minimum atomic E-state index is -0.266. The minimum absolute atomic E-state index is 0.0879. The fourth-order valence-electron chi connectivity index (χ4n) is 6.62. The summed E-state index contributed by atoms with van der Waals surface area (Å²) in [5.41, 5.74) is 17.1. The number of allylic oxidation sites excluding steroid dienone is 7. The molecular formula is C47H57N5O2. The summed E-state index contributed by atoms with van der Waals surface area (Å²) in [5, 5.41) is 9.48. The van der Waals surface area contributed by atoms with Crippen molar-refractivity contribution in [3.63, 3.8) is 0 Å². The first-order valence-electron chi connectivity index (χ1n) is 18.9. The number of piperidine rings is 1. The molecule has 4 aromatic rings. The number of fused-ring (bicyclic) bond motifs is 2. The molecule has 4 aromatic carbocycles. The molecule has 2 aliphatic rings. The monoisotopic (exact) mass is 723 g/mol. The second-order valence-electron chi connectivity index (χ2n) is 13.8. The maximum atomic E-state index is 13.0. The number of benzene rings is 4. The van der Waals surface area contributed by atoms with E-state index in [-0.39, 0.29) is 17.4 Å². The fraction of sp³-hybridized carbons (Fsp3) is 0.277. The van der Waals surface area contributed by atoms with Gasteiger partial charge >= 0.3 is 6.03 Å². The molecule has 282 valence electrons. The van der Waals surface area contributed by atoms with Crippen LogP contribution in [0.15, 0.2) is 145 Å². The molecule has 2 heterocycles. The van der Waals surface area contributed by atoms with Crippen LogP contribution in [0.1, 0.15) is 75.9 Å². The second-order valence-corrected chi connectivity index (χ2v) is 13.8. The Bertz CT molecular complexity index is 1960. The van der Waals surface area contributed by atoms with Crippen molar-refractivity contribution in [2.75, 3.05) is 36.0 Å². The van der Waals surface area contributed by atoms with Crippen molar-refractivity contribution in [1.29, 1.82) is 0 Å². The van der Waals surface area contributed by atoms with Crippen LogP contribution < -0.4 is 21.7 Å². The molecule has 0 atom stereocenters. The highest BCUT2D eigenvalue weighted by atomic mass is 16.2. The molecule has 7 nitrogen and oxygen atoms in total. The molecule has 54 heavy (non-hydrogen) atoms. The topological polar surface area (TPSA) is 99.5 Å². The van der Waals surface area contributed by atoms with Gasteiger partial charge in [-0.25, -0.2) is 4.79 Å². The summed E-state index contributed by atoms with van der Waals surface area (Å²) in [4.78, 5) is 27.9. The molecular weight excluding hydrogens is 667 g/mol. The lowest BCUT2D eigenvalue weighted by Crippen LogP contribution is -2.52. The predicted octanol–water partition coefficient (Wildman–Crippen LogP) is 10.9. The molecule has 0 saturated carbocycles. The summed E-state index contributed by atoms with van der Waals surface area (Å²) in [6.45, 7) is 19.3. The summed E-state index contributed by atoms with van der Waals surface area (Å²) in [7, 11) is 0. The SMILES string of the molecule is C=C/C=C(C)/C(C)=C/C=C(C)C.CC.Nc1ccc(-c2ccccc2)cc1NC(=O)c1ccc(NC(=O)N2CCC3(CC2)CNCc2ccccc23)cc1. The average Bonchev–Trinajstić information content (AvgIpc) is 3.20. The molecule has 1 fully saturated rings. The van der Waals surface area contributed by atoms with Crippen LogP contribution in [0.3, 0.4) is 0 Å². The van der Waals surface area contributed by atoms with Crippen LogP contribution in [0.25, 0.3) is 11.1 Å². The molecule has 1 spiro atoms. The van der Waals surface area contributed by atoms with E-state index in [1.54, 1.807) is 30.3 Å². The number of nitrogens with one attached hydrogen (secondary N) is 3. The van der Waals surface area contributed by atoms with Crippen molar-refractivity contribution < 1.29 is 9.59 Å². The summed E-state index contributed by atoms with van der Waals surface area (Å²) in [5.74, 6) is -0.266. The van der Waals surface area contributed by atoms with Gasteiger partial charge in [0.1, 0.15) is 0 Å². The Balaban J connectivity index is 0.000000398. The Hall–Kier alpha value is -5.66. The van der Waals surface area contributed by atoms with E-state index in [1.807, 2.05) is 73.4 Å². The minimum Gasteiger partial charge on any atom is -0.397 e. The smallest absolute Gasteiger partial charge is 0.321 e. The molecule has 1 saturated heterocycles. The van der Waals surface area contributed by atoms with Crippen LogP contribution in [-0.4, -0.2) is 36.5 Å². The molecule has 6 rings (SSSR count). The van der Waals surface area contributed by atoms with Gasteiger partial charge in [-0.1, -0.05) is 111 Å². The van der Waals surface area contributed by atoms with Gasteiger partial charge in [0.2, 0.25) is 0 Å². The van der Waals surface area contributed by atoms with Gasteiger partial charge < -0.3 is 26.6 Å². The lowest BCUT2D eigenvalue weighted by Gasteiger charge is -2.45. The third-order valence-electron chi connectivity index (χ3n) is 9.84. The van der Waals surface area contributed by atoms with Gasteiger partial charge in [0.25, 0.3) is 5.91 Å². The number of carbonyl (C=O) groups excluding carboxylic acids is 2. The number of carbonyl (C=O) groups is 2. The van der Waals surface area contributed by atoms with Crippen molar-refractivity contribution in [3.8, 4) is 11.1 Å². The standard InChI is InChI=1S/C33H33N5O2.C12H18.C2H6/c34-29-15-12-25(23-6-2-1-3-7-23)20-30(29)37-31(39)24-10-13-27(14-11-24)36-32(40)38-18-16-33(17-19-38)22-35-21-26-8-4-5-9-28(26)33;1-6-7-11(4)12(5)9-8-10(2)3;1-2/h1-15,20,35H,16-19,21-22,34H2,(H,36,40)(H,37,39);6-9H,1H2,2-5H3;1-2H3/b;11-7+,12-9+;. The molecule has 2 aliphatic heterocycles. The van der Waals surface area contributed by atoms with Crippen LogP contribution >= 0.6 is 0 Å². The Morgan fingerprint density at radius 3 is 2.09 bits per heavy atom. The molecule has 0 bridgehead atoms. The molecule has 0 radical (unpaired) electrons. The molecule has 0 aliphatic carbocycles. The number of nitrogens with zero attached hydrogens (tertiary/aromatic N) is 1. The Kier molecular flexibility index (Phi) is 15.2. The number of rotatable bonds is 7. The van der Waals surface area contributed by atoms with Gasteiger partial charge in [-0.05, 0) is 110 Å². The molecule has 7 heteroatoms. The van der Waals surface area contributed by atoms with Gasteiger partial charge in [-0.2, -0.15) is 0 Å². The molecule has 5 N–H and O–H groups in total. The zero-order valence-corrected chi connectivity index (χ0v) is 32.8. The van der Waals surface area contributed by atoms with E-state index in [2.05, 4.69) is 86.6 Å². The molecule has 0 unspecified atom stereocenters. The van der Waals surface area contributed by atoms with Crippen LogP contribution in [0.2, 0.25) is 0 Å². The van der Waals surface area contributed by atoms with E-state index in [0.29, 0.717) is 35.7 Å². The maximum absolute atomic E-state index is 13.0. The zero-order chi connectivity index (χ0) is 39.1. The number of hydrogen-bond donors (Lipinski definition) is 4. The van der Waals surface area contributed by atoms with Crippen LogP contribution in [0.5, 0.6) is 0 Å². The van der Waals surface area contributed by atoms with Gasteiger partial charge in [-0.15, -0.1) is 0 Å². The Morgan fingerprint density at radius 2 is 1.43 bits per heavy atom. The first kappa shape index (κ1) is 41.1. The van der Waals surface area contributed by atoms with E-state index >= 15 is 0 Å². The highest BCUT2D eigenvalue weighted by Crippen LogP contribution is 2.39. The second kappa shape index (κ2) is 20.0. The number of hydrogen-bond acceptors (Lipinski definition) is 4. The number of likely N-dealkylation sites (tertiary alicyclic amines) is 1. The van der Waals surface area contributed by atoms with Crippen molar-refractivity contribution in [2.45, 2.75) is 66.3 Å². The highest BCUT2D eigenvalue weighted by Gasteiger charge is 2.40. The molecule has 0 aromatic heterocycles. The Labute approximate surface area is 322 Å². The largest absolute Gasteiger partial charge is 0.397 e. The summed E-state index contributed by atoms with van der Waals surface area (Å²) in [6.07, 6.45) is 9.94. The lowest BCUT2D eigenvalue weighted by atomic mass is 9.69. The van der Waals surface area contributed by atoms with E-state index in [9.17, 15) is 9.59 Å². The van der Waals surface area contributed by atoms with Crippen molar-refractivity contribution >= 4 is 29.0 Å². The third-order valence-corrected chi connectivity index (χ3v) is 9.84. The number of urea groups is 1. The van der Waals surface area contributed by atoms with Crippen molar-refractivity contribution in [1.82, 2.24) is 10.2 Å². The third kappa shape index (κ3) is 10.9. The predicted molar refractivity (Wildman–Crippen MR) is 229 cm³/mol. The summed E-state index contributed by atoms with van der Waals surface area (Å²) < 4.78 is 0. The average molecular weight is 724 g/mol. The van der Waals surface area contributed by atoms with E-state index in [1.165, 1.54) is 27.8 Å². The van der Waals surface area contributed by atoms with Crippen LogP contribution in [0.4, 0.5) is 21.9 Å². The number of nitrogens with two attached hydrogens (primary N) is 1. The van der Waals surface area contributed by atoms with Gasteiger partial charge in [0, 0.05) is 42.8 Å². The van der Waals surface area contributed by atoms with Crippen molar-refractivity contribution in [2.24, 2.45) is 0 Å². The first-order valence-corrected chi connectivity index (χ1v) is 18.9. The fourth-order valence-corrected chi connectivity index (χ4v) is 6.62. The number of anilines is 3. The van der Waals surface area contributed by atoms with Gasteiger partial charge in [0.15, 0.2) is 0 Å². The molecule has 3 amide bonds. The van der Waals surface area contributed by atoms with E-state index < -0.39 is 0 Å².